The molecule has 0 bridgehead atoms. The summed E-state index contributed by atoms with van der Waals surface area (Å²) in [6, 6.07) is 0. The minimum atomic E-state index is 0.520. The van der Waals surface area contributed by atoms with Crippen LogP contribution in [0.3, 0.4) is 0 Å². The second-order valence-corrected chi connectivity index (χ2v) is 6.14. The van der Waals surface area contributed by atoms with Crippen molar-refractivity contribution in [2.75, 3.05) is 6.54 Å². The van der Waals surface area contributed by atoms with Crippen LogP contribution in [0.2, 0.25) is 0 Å². The fraction of sp³-hybridized carbons (Fsp3) is 1.00. The summed E-state index contributed by atoms with van der Waals surface area (Å²) in [7, 11) is 0. The molecule has 0 aromatic heterocycles. The van der Waals surface area contributed by atoms with Gasteiger partial charge < -0.3 is 5.73 Å². The van der Waals surface area contributed by atoms with Crippen LogP contribution in [-0.4, -0.2) is 6.54 Å². The Kier molecular flexibility index (Phi) is 7.92. The molecule has 17 heavy (non-hydrogen) atoms. The fourth-order valence-corrected chi connectivity index (χ4v) is 3.32. The van der Waals surface area contributed by atoms with Crippen molar-refractivity contribution in [3.05, 3.63) is 0 Å². The van der Waals surface area contributed by atoms with Gasteiger partial charge in [0.1, 0.15) is 0 Å². The van der Waals surface area contributed by atoms with Crippen molar-refractivity contribution in [2.45, 2.75) is 90.4 Å². The molecule has 0 unspecified atom stereocenters. The number of hydrogen-bond acceptors (Lipinski definition) is 1. The molecule has 0 radical (unpaired) electrons. The van der Waals surface area contributed by atoms with Gasteiger partial charge in [0.05, 0.1) is 0 Å². The maximum atomic E-state index is 6.10. The highest BCUT2D eigenvalue weighted by Crippen LogP contribution is 2.37. The van der Waals surface area contributed by atoms with Crippen LogP contribution < -0.4 is 5.73 Å². The van der Waals surface area contributed by atoms with E-state index < -0.39 is 0 Å². The lowest BCUT2D eigenvalue weighted by atomic mass is 9.73. The Bertz CT molecular complexity index is 168. The summed E-state index contributed by atoms with van der Waals surface area (Å²) in [5.74, 6) is 0. The van der Waals surface area contributed by atoms with Crippen LogP contribution >= 0.6 is 0 Å². The third-order valence-corrected chi connectivity index (χ3v) is 4.66. The summed E-state index contributed by atoms with van der Waals surface area (Å²) in [6.45, 7) is 3.22. The normalized spacial score (nSPS) is 20.8. The standard InChI is InChI=1S/C16H33N/c1-2-3-4-6-9-12-16(15-17)13-10-7-5-8-11-14-16/h2-15,17H2,1H3. The van der Waals surface area contributed by atoms with Gasteiger partial charge in [-0.1, -0.05) is 71.1 Å². The van der Waals surface area contributed by atoms with Gasteiger partial charge in [0.25, 0.3) is 0 Å². The van der Waals surface area contributed by atoms with Crippen molar-refractivity contribution >= 4 is 0 Å². The molecule has 0 saturated heterocycles. The van der Waals surface area contributed by atoms with Gasteiger partial charge in [-0.05, 0) is 31.2 Å². The van der Waals surface area contributed by atoms with Gasteiger partial charge in [0.15, 0.2) is 0 Å². The number of unbranched alkanes of at least 4 members (excludes halogenated alkanes) is 4. The molecule has 1 saturated carbocycles. The van der Waals surface area contributed by atoms with Crippen LogP contribution in [0.5, 0.6) is 0 Å². The molecule has 2 N–H and O–H groups in total. The topological polar surface area (TPSA) is 26.0 Å². The molecule has 1 aliphatic carbocycles. The van der Waals surface area contributed by atoms with Gasteiger partial charge in [-0.25, -0.2) is 0 Å². The first-order valence-corrected chi connectivity index (χ1v) is 8.03. The Hall–Kier alpha value is -0.0400. The molecule has 0 aliphatic heterocycles. The first-order chi connectivity index (χ1) is 8.33. The van der Waals surface area contributed by atoms with Gasteiger partial charge in [0.2, 0.25) is 0 Å². The summed E-state index contributed by atoms with van der Waals surface area (Å²) >= 11 is 0. The zero-order chi connectivity index (χ0) is 12.4. The lowest BCUT2D eigenvalue weighted by molar-refractivity contribution is 0.194. The highest BCUT2D eigenvalue weighted by Gasteiger charge is 2.27. The summed E-state index contributed by atoms with van der Waals surface area (Å²) in [5, 5.41) is 0. The molecule has 0 atom stereocenters. The van der Waals surface area contributed by atoms with Crippen LogP contribution in [0.25, 0.3) is 0 Å². The summed E-state index contributed by atoms with van der Waals surface area (Å²) in [4.78, 5) is 0. The summed E-state index contributed by atoms with van der Waals surface area (Å²) in [5.41, 5.74) is 6.62. The van der Waals surface area contributed by atoms with E-state index in [0.717, 1.165) is 6.54 Å². The maximum Gasteiger partial charge on any atom is -0.00205 e. The van der Waals surface area contributed by atoms with Crippen LogP contribution in [0.1, 0.15) is 90.4 Å². The molecular weight excluding hydrogens is 206 g/mol. The average Bonchev–Trinajstić information content (AvgIpc) is 2.32. The largest absolute Gasteiger partial charge is 0.330 e. The van der Waals surface area contributed by atoms with E-state index in [4.69, 9.17) is 5.73 Å². The van der Waals surface area contributed by atoms with Crippen molar-refractivity contribution in [3.8, 4) is 0 Å². The Balaban J connectivity index is 2.26. The third kappa shape index (κ3) is 5.90. The van der Waals surface area contributed by atoms with Crippen molar-refractivity contribution in [1.82, 2.24) is 0 Å². The third-order valence-electron chi connectivity index (χ3n) is 4.66. The zero-order valence-corrected chi connectivity index (χ0v) is 12.0. The Morgan fingerprint density at radius 2 is 1.41 bits per heavy atom. The number of nitrogens with two attached hydrogens (primary N) is 1. The fourth-order valence-electron chi connectivity index (χ4n) is 3.32. The molecule has 1 rings (SSSR count). The Morgan fingerprint density at radius 3 is 2.00 bits per heavy atom. The second kappa shape index (κ2) is 8.97. The first-order valence-electron chi connectivity index (χ1n) is 8.03. The molecule has 1 heteroatoms. The van der Waals surface area contributed by atoms with Gasteiger partial charge >= 0.3 is 0 Å². The molecule has 0 amide bonds. The highest BCUT2D eigenvalue weighted by atomic mass is 14.6. The van der Waals surface area contributed by atoms with E-state index in [0.29, 0.717) is 5.41 Å². The Morgan fingerprint density at radius 1 is 0.824 bits per heavy atom. The molecule has 0 aromatic carbocycles. The molecule has 0 heterocycles. The predicted molar refractivity (Wildman–Crippen MR) is 77.2 cm³/mol. The van der Waals surface area contributed by atoms with Gasteiger partial charge in [-0.15, -0.1) is 0 Å². The van der Waals surface area contributed by atoms with E-state index in [1.54, 1.807) is 0 Å². The molecule has 102 valence electrons. The van der Waals surface area contributed by atoms with Gasteiger partial charge in [0, 0.05) is 0 Å². The molecule has 0 aromatic rings. The smallest absolute Gasteiger partial charge is 0.00205 e. The Labute approximate surface area is 109 Å². The predicted octanol–water partition coefficient (Wildman–Crippen LogP) is 5.04. The van der Waals surface area contributed by atoms with Gasteiger partial charge in [-0.2, -0.15) is 0 Å². The van der Waals surface area contributed by atoms with E-state index in [2.05, 4.69) is 6.92 Å². The van der Waals surface area contributed by atoms with E-state index in [9.17, 15) is 0 Å². The number of hydrogen-bond donors (Lipinski definition) is 1. The van der Waals surface area contributed by atoms with Gasteiger partial charge in [-0.3, -0.25) is 0 Å². The van der Waals surface area contributed by atoms with Crippen molar-refractivity contribution in [1.29, 1.82) is 0 Å². The van der Waals surface area contributed by atoms with E-state index in [1.165, 1.54) is 83.5 Å². The second-order valence-electron chi connectivity index (χ2n) is 6.14. The lowest BCUT2D eigenvalue weighted by Crippen LogP contribution is -2.31. The van der Waals surface area contributed by atoms with E-state index >= 15 is 0 Å². The molecule has 1 aliphatic rings. The van der Waals surface area contributed by atoms with Crippen LogP contribution in [-0.2, 0) is 0 Å². The van der Waals surface area contributed by atoms with Crippen molar-refractivity contribution in [2.24, 2.45) is 11.1 Å². The van der Waals surface area contributed by atoms with E-state index in [-0.39, 0.29) is 0 Å². The molecule has 1 nitrogen and oxygen atoms in total. The molecule has 0 spiro atoms. The number of rotatable bonds is 7. The average molecular weight is 239 g/mol. The lowest BCUT2D eigenvalue weighted by Gasteiger charge is -2.34. The minimum absolute atomic E-state index is 0.520. The van der Waals surface area contributed by atoms with Crippen molar-refractivity contribution in [3.63, 3.8) is 0 Å². The minimum Gasteiger partial charge on any atom is -0.330 e. The highest BCUT2D eigenvalue weighted by molar-refractivity contribution is 4.81. The van der Waals surface area contributed by atoms with Crippen molar-refractivity contribution < 1.29 is 0 Å². The maximum absolute atomic E-state index is 6.10. The SMILES string of the molecule is CCCCCCCC1(CN)CCCCCCC1. The van der Waals surface area contributed by atoms with E-state index in [1.807, 2.05) is 0 Å². The van der Waals surface area contributed by atoms with Crippen LogP contribution in [0, 0.1) is 5.41 Å². The summed E-state index contributed by atoms with van der Waals surface area (Å²) in [6.07, 6.45) is 18.4. The zero-order valence-electron chi connectivity index (χ0n) is 12.0. The van der Waals surface area contributed by atoms with Crippen LogP contribution in [0.15, 0.2) is 0 Å². The molecule has 1 fully saturated rings. The quantitative estimate of drug-likeness (QED) is 0.619. The first kappa shape index (κ1) is 15.0. The van der Waals surface area contributed by atoms with Crippen LogP contribution in [0.4, 0.5) is 0 Å². The monoisotopic (exact) mass is 239 g/mol. The molecular formula is C16H33N. The summed E-state index contributed by atoms with van der Waals surface area (Å²) < 4.78 is 0.